The number of ketones is 1. The summed E-state index contributed by atoms with van der Waals surface area (Å²) in [6.07, 6.45) is 2.71. The standard InChI is InChI=1S/C18H17N3O6/c1-3-7-19-16(23)20(8-4-2)18(25)21(17(19)24)10-13(22)12-5-6-14-15(9-12)27-11-26-14/h3-6,9H,1-2,7-8,10-11H2. The lowest BCUT2D eigenvalue weighted by Crippen LogP contribution is -2.55. The summed E-state index contributed by atoms with van der Waals surface area (Å²) >= 11 is 0. The fourth-order valence-corrected chi connectivity index (χ4v) is 2.69. The van der Waals surface area contributed by atoms with E-state index in [9.17, 15) is 19.2 Å². The Kier molecular flexibility index (Phi) is 4.93. The predicted octanol–water partition coefficient (Wildman–Crippen LogP) is 0.155. The van der Waals surface area contributed by atoms with Gasteiger partial charge in [-0.25, -0.2) is 28.1 Å². The smallest absolute Gasteiger partial charge is 0.337 e. The second kappa shape index (κ2) is 7.32. The van der Waals surface area contributed by atoms with Gasteiger partial charge in [0.2, 0.25) is 6.79 Å². The van der Waals surface area contributed by atoms with Gasteiger partial charge in [-0.2, -0.15) is 0 Å². The Bertz CT molecular complexity index is 1060. The van der Waals surface area contributed by atoms with Gasteiger partial charge < -0.3 is 9.47 Å². The Morgan fingerprint density at radius 1 is 0.926 bits per heavy atom. The molecule has 0 N–H and O–H groups in total. The average molecular weight is 371 g/mol. The molecule has 0 amide bonds. The molecular formula is C18H17N3O6. The number of fused-ring (bicyclic) bond motifs is 1. The van der Waals surface area contributed by atoms with Crippen LogP contribution in [0.3, 0.4) is 0 Å². The molecule has 3 rings (SSSR count). The third kappa shape index (κ3) is 3.26. The summed E-state index contributed by atoms with van der Waals surface area (Å²) in [4.78, 5) is 50.0. The number of ether oxygens (including phenoxy) is 2. The first-order valence-electron chi connectivity index (χ1n) is 8.07. The van der Waals surface area contributed by atoms with Crippen LogP contribution in [0.25, 0.3) is 0 Å². The largest absolute Gasteiger partial charge is 0.454 e. The Morgan fingerprint density at radius 2 is 1.48 bits per heavy atom. The highest BCUT2D eigenvalue weighted by Crippen LogP contribution is 2.32. The quantitative estimate of drug-likeness (QED) is 0.507. The first-order valence-corrected chi connectivity index (χ1v) is 8.07. The summed E-state index contributed by atoms with van der Waals surface area (Å²) in [5.41, 5.74) is -2.28. The molecule has 140 valence electrons. The van der Waals surface area contributed by atoms with Gasteiger partial charge in [0.25, 0.3) is 0 Å². The van der Waals surface area contributed by atoms with Crippen molar-refractivity contribution in [2.75, 3.05) is 6.79 Å². The summed E-state index contributed by atoms with van der Waals surface area (Å²) in [5, 5.41) is 0. The van der Waals surface area contributed by atoms with Crippen molar-refractivity contribution >= 4 is 5.78 Å². The maximum Gasteiger partial charge on any atom is 0.337 e. The van der Waals surface area contributed by atoms with E-state index in [4.69, 9.17) is 9.47 Å². The SMILES string of the molecule is C=CCn1c(=O)n(CC=C)c(=O)n(CC(=O)c2ccc3c(c2)OCO3)c1=O. The van der Waals surface area contributed by atoms with Crippen molar-refractivity contribution in [3.8, 4) is 11.5 Å². The Labute approximate surface area is 153 Å². The Hall–Kier alpha value is -3.62. The number of allylic oxidation sites excluding steroid dienone is 2. The van der Waals surface area contributed by atoms with E-state index in [0.29, 0.717) is 11.5 Å². The van der Waals surface area contributed by atoms with Crippen molar-refractivity contribution < 1.29 is 14.3 Å². The van der Waals surface area contributed by atoms with Crippen LogP contribution in [0.4, 0.5) is 0 Å². The third-order valence-electron chi connectivity index (χ3n) is 4.01. The number of carbonyl (C=O) groups is 1. The van der Waals surface area contributed by atoms with Crippen LogP contribution in [0, 0.1) is 0 Å². The molecule has 1 aliphatic heterocycles. The molecule has 0 atom stereocenters. The van der Waals surface area contributed by atoms with Crippen LogP contribution < -0.4 is 26.5 Å². The maximum atomic E-state index is 12.6. The molecule has 9 heteroatoms. The first-order chi connectivity index (χ1) is 13.0. The highest BCUT2D eigenvalue weighted by atomic mass is 16.7. The molecule has 27 heavy (non-hydrogen) atoms. The van der Waals surface area contributed by atoms with Crippen LogP contribution in [0.15, 0.2) is 57.9 Å². The van der Waals surface area contributed by atoms with Gasteiger partial charge in [0.15, 0.2) is 17.3 Å². The van der Waals surface area contributed by atoms with E-state index in [2.05, 4.69) is 13.2 Å². The summed E-state index contributed by atoms with van der Waals surface area (Å²) in [6.45, 7) is 6.36. The molecule has 2 aromatic rings. The van der Waals surface area contributed by atoms with Crippen LogP contribution in [0.5, 0.6) is 11.5 Å². The zero-order valence-electron chi connectivity index (χ0n) is 14.4. The minimum atomic E-state index is -0.876. The third-order valence-corrected chi connectivity index (χ3v) is 4.01. The summed E-state index contributed by atoms with van der Waals surface area (Å²) in [5.74, 6) is 0.437. The Balaban J connectivity index is 2.05. The minimum Gasteiger partial charge on any atom is -0.454 e. The van der Waals surface area contributed by atoms with Gasteiger partial charge in [0, 0.05) is 5.56 Å². The van der Waals surface area contributed by atoms with Crippen LogP contribution in [-0.4, -0.2) is 26.3 Å². The first kappa shape index (κ1) is 18.2. The summed E-state index contributed by atoms with van der Waals surface area (Å²) in [6, 6.07) is 4.58. The molecule has 2 heterocycles. The van der Waals surface area contributed by atoms with Gasteiger partial charge >= 0.3 is 17.1 Å². The number of nitrogens with zero attached hydrogens (tertiary/aromatic N) is 3. The van der Waals surface area contributed by atoms with E-state index < -0.39 is 29.4 Å². The molecule has 0 spiro atoms. The van der Waals surface area contributed by atoms with Crippen molar-refractivity contribution in [3.05, 3.63) is 80.5 Å². The fraction of sp³-hybridized carbons (Fsp3) is 0.222. The van der Waals surface area contributed by atoms with E-state index in [-0.39, 0.29) is 25.4 Å². The van der Waals surface area contributed by atoms with Gasteiger partial charge in [-0.3, -0.25) is 4.79 Å². The molecule has 0 fully saturated rings. The molecular weight excluding hydrogens is 354 g/mol. The second-order valence-electron chi connectivity index (χ2n) is 5.72. The van der Waals surface area contributed by atoms with Crippen molar-refractivity contribution in [3.63, 3.8) is 0 Å². The number of aromatic nitrogens is 3. The van der Waals surface area contributed by atoms with Gasteiger partial charge in [-0.15, -0.1) is 13.2 Å². The lowest BCUT2D eigenvalue weighted by atomic mass is 10.1. The summed E-state index contributed by atoms with van der Waals surface area (Å²) in [7, 11) is 0. The van der Waals surface area contributed by atoms with Crippen molar-refractivity contribution in [1.29, 1.82) is 0 Å². The highest BCUT2D eigenvalue weighted by Gasteiger charge is 2.20. The lowest BCUT2D eigenvalue weighted by molar-refractivity contribution is 0.0966. The molecule has 0 radical (unpaired) electrons. The zero-order chi connectivity index (χ0) is 19.6. The van der Waals surface area contributed by atoms with Crippen molar-refractivity contribution in [1.82, 2.24) is 13.7 Å². The number of rotatable bonds is 7. The van der Waals surface area contributed by atoms with Gasteiger partial charge in [-0.05, 0) is 18.2 Å². The molecule has 9 nitrogen and oxygen atoms in total. The van der Waals surface area contributed by atoms with Crippen LogP contribution in [-0.2, 0) is 19.6 Å². The predicted molar refractivity (Wildman–Crippen MR) is 96.5 cm³/mol. The average Bonchev–Trinajstić information content (AvgIpc) is 3.13. The zero-order valence-corrected chi connectivity index (χ0v) is 14.4. The topological polar surface area (TPSA) is 102 Å². The Morgan fingerprint density at radius 3 is 2.07 bits per heavy atom. The van der Waals surface area contributed by atoms with Gasteiger partial charge in [0.05, 0.1) is 19.6 Å². The van der Waals surface area contributed by atoms with Gasteiger partial charge in [-0.1, -0.05) is 12.2 Å². The van der Waals surface area contributed by atoms with Crippen LogP contribution >= 0.6 is 0 Å². The minimum absolute atomic E-state index is 0.0607. The summed E-state index contributed by atoms with van der Waals surface area (Å²) < 4.78 is 12.8. The number of hydrogen-bond donors (Lipinski definition) is 0. The number of Topliss-reactive ketones (excluding diaryl/α,β-unsaturated/α-hetero) is 1. The van der Waals surface area contributed by atoms with E-state index in [1.807, 2.05) is 0 Å². The molecule has 0 bridgehead atoms. The van der Waals surface area contributed by atoms with Crippen molar-refractivity contribution in [2.45, 2.75) is 19.6 Å². The number of carbonyl (C=O) groups excluding carboxylic acids is 1. The lowest BCUT2D eigenvalue weighted by Gasteiger charge is -2.12. The molecule has 0 unspecified atom stereocenters. The second-order valence-corrected chi connectivity index (χ2v) is 5.72. The van der Waals surface area contributed by atoms with E-state index in [1.54, 1.807) is 6.07 Å². The van der Waals surface area contributed by atoms with E-state index >= 15 is 0 Å². The normalized spacial score (nSPS) is 12.0. The molecule has 0 saturated heterocycles. The highest BCUT2D eigenvalue weighted by molar-refractivity contribution is 5.96. The number of hydrogen-bond acceptors (Lipinski definition) is 6. The molecule has 0 saturated carbocycles. The molecule has 0 aliphatic carbocycles. The van der Waals surface area contributed by atoms with Crippen LogP contribution in [0.1, 0.15) is 10.4 Å². The monoisotopic (exact) mass is 371 g/mol. The van der Waals surface area contributed by atoms with Crippen LogP contribution in [0.2, 0.25) is 0 Å². The molecule has 1 aromatic heterocycles. The van der Waals surface area contributed by atoms with E-state index in [1.165, 1.54) is 24.3 Å². The fourth-order valence-electron chi connectivity index (χ4n) is 2.69. The number of benzene rings is 1. The molecule has 1 aliphatic rings. The van der Waals surface area contributed by atoms with Gasteiger partial charge in [0.1, 0.15) is 0 Å². The maximum absolute atomic E-state index is 12.6. The molecule has 1 aromatic carbocycles. The van der Waals surface area contributed by atoms with E-state index in [0.717, 1.165) is 13.7 Å². The van der Waals surface area contributed by atoms with Crippen molar-refractivity contribution in [2.24, 2.45) is 0 Å².